The Labute approximate surface area is 159 Å². The Bertz CT molecular complexity index is 1150. The molecule has 0 aliphatic heterocycles. The molecule has 0 saturated heterocycles. The summed E-state index contributed by atoms with van der Waals surface area (Å²) in [4.78, 5) is 4.98. The molecule has 1 aliphatic carbocycles. The van der Waals surface area contributed by atoms with E-state index in [9.17, 15) is 25.9 Å². The van der Waals surface area contributed by atoms with Gasteiger partial charge >= 0.3 is 0 Å². The minimum Gasteiger partial charge on any atom is -0.284 e. The van der Waals surface area contributed by atoms with Gasteiger partial charge < -0.3 is 0 Å². The molecule has 0 bridgehead atoms. The van der Waals surface area contributed by atoms with E-state index in [1.165, 1.54) is 30.4 Å². The van der Waals surface area contributed by atoms with Gasteiger partial charge in [-0.25, -0.2) is 0 Å². The molecule has 0 saturated carbocycles. The van der Waals surface area contributed by atoms with Crippen LogP contribution >= 0.6 is 0 Å². The number of azide groups is 2. The lowest BCUT2D eigenvalue weighted by atomic mass is 10.0. The summed E-state index contributed by atoms with van der Waals surface area (Å²) in [5, 5.41) is 6.41. The van der Waals surface area contributed by atoms with E-state index in [0.29, 0.717) is 11.3 Å². The Kier molecular flexibility index (Phi) is 5.95. The van der Waals surface area contributed by atoms with Crippen molar-refractivity contribution in [2.75, 3.05) is 0 Å². The molecule has 0 unspecified atom stereocenters. The fourth-order valence-electron chi connectivity index (χ4n) is 2.49. The van der Waals surface area contributed by atoms with Crippen molar-refractivity contribution in [3.8, 4) is 0 Å². The van der Waals surface area contributed by atoms with Crippen molar-refractivity contribution >= 4 is 32.0 Å². The van der Waals surface area contributed by atoms with Gasteiger partial charge in [0.15, 0.2) is 0 Å². The summed E-state index contributed by atoms with van der Waals surface area (Å²) in [6, 6.07) is 6.22. The number of allylic oxidation sites excluding steroid dienone is 4. The van der Waals surface area contributed by atoms with Gasteiger partial charge in [-0.15, -0.1) is 0 Å². The Morgan fingerprint density at radius 2 is 1.50 bits per heavy atom. The van der Waals surface area contributed by atoms with Crippen LogP contribution in [0.25, 0.3) is 27.0 Å². The normalized spacial score (nSPS) is 16.5. The van der Waals surface area contributed by atoms with Gasteiger partial charge in [0.1, 0.15) is 0 Å². The van der Waals surface area contributed by atoms with Gasteiger partial charge in [0.2, 0.25) is 0 Å². The maximum Gasteiger partial charge on any atom is 0.292 e. The average molecular weight is 424 g/mol. The SMILES string of the molecule is [N-]=[N+]=NC1=CC=C(C=Cc2ccc(N=[N+]=[N-])cc2)CC1(S(=O)(=O)O)S(=O)(=O)O. The van der Waals surface area contributed by atoms with Crippen LogP contribution in [0.3, 0.4) is 0 Å². The average Bonchev–Trinajstić information content (AvgIpc) is 2.60. The molecule has 1 aliphatic rings. The monoisotopic (exact) mass is 424 g/mol. The van der Waals surface area contributed by atoms with Gasteiger partial charge in [0.25, 0.3) is 24.3 Å². The topological polar surface area (TPSA) is 206 Å². The van der Waals surface area contributed by atoms with Crippen molar-refractivity contribution in [1.29, 1.82) is 0 Å². The fraction of sp³-hybridized carbons (Fsp3) is 0.143. The molecular formula is C14H12N6O6S2. The molecule has 0 heterocycles. The molecule has 14 heteroatoms. The third kappa shape index (κ3) is 4.07. The highest BCUT2D eigenvalue weighted by molar-refractivity contribution is 8.05. The van der Waals surface area contributed by atoms with Crippen LogP contribution in [0.5, 0.6) is 0 Å². The second-order valence-electron chi connectivity index (χ2n) is 5.48. The van der Waals surface area contributed by atoms with E-state index < -0.39 is 36.4 Å². The fourth-order valence-corrected chi connectivity index (χ4v) is 5.00. The number of nitrogens with zero attached hydrogens (tertiary/aromatic N) is 6. The highest BCUT2D eigenvalue weighted by atomic mass is 32.3. The quantitative estimate of drug-likeness (QED) is 0.301. The maximum absolute atomic E-state index is 11.9. The third-order valence-corrected chi connectivity index (χ3v) is 7.45. The van der Waals surface area contributed by atoms with Crippen LogP contribution in [-0.4, -0.2) is 30.0 Å². The first-order valence-electron chi connectivity index (χ1n) is 7.29. The molecule has 2 rings (SSSR count). The van der Waals surface area contributed by atoms with Crippen molar-refractivity contribution < 1.29 is 25.9 Å². The van der Waals surface area contributed by atoms with Crippen LogP contribution in [0.4, 0.5) is 5.69 Å². The molecule has 0 spiro atoms. The molecule has 12 nitrogen and oxygen atoms in total. The zero-order valence-corrected chi connectivity index (χ0v) is 15.5. The minimum atomic E-state index is -5.44. The van der Waals surface area contributed by atoms with E-state index in [1.54, 1.807) is 12.1 Å². The molecule has 0 aromatic heterocycles. The zero-order chi connectivity index (χ0) is 21.0. The smallest absolute Gasteiger partial charge is 0.284 e. The van der Waals surface area contributed by atoms with E-state index in [-0.39, 0.29) is 5.57 Å². The van der Waals surface area contributed by atoms with Crippen molar-refractivity contribution in [3.63, 3.8) is 0 Å². The van der Waals surface area contributed by atoms with Crippen molar-refractivity contribution in [2.24, 2.45) is 10.2 Å². The number of hydrogen-bond donors (Lipinski definition) is 2. The molecule has 0 fully saturated rings. The minimum absolute atomic E-state index is 0.103. The van der Waals surface area contributed by atoms with Gasteiger partial charge in [-0.2, -0.15) is 16.8 Å². The predicted molar refractivity (Wildman–Crippen MR) is 100 cm³/mol. The van der Waals surface area contributed by atoms with Crippen LogP contribution < -0.4 is 0 Å². The van der Waals surface area contributed by atoms with E-state index in [0.717, 1.165) is 6.08 Å². The van der Waals surface area contributed by atoms with Gasteiger partial charge in [-0.05, 0) is 22.2 Å². The first-order valence-corrected chi connectivity index (χ1v) is 10.2. The predicted octanol–water partition coefficient (Wildman–Crippen LogP) is 3.64. The summed E-state index contributed by atoms with van der Waals surface area (Å²) in [5.74, 6) is 0. The summed E-state index contributed by atoms with van der Waals surface area (Å²) in [6.45, 7) is 0. The Morgan fingerprint density at radius 1 is 0.929 bits per heavy atom. The summed E-state index contributed by atoms with van der Waals surface area (Å²) >= 11 is 0. The summed E-state index contributed by atoms with van der Waals surface area (Å²) in [5.41, 5.74) is 17.1. The van der Waals surface area contributed by atoms with Gasteiger partial charge in [0.05, 0.1) is 5.70 Å². The molecule has 146 valence electrons. The first kappa shape index (κ1) is 21.2. The highest BCUT2D eigenvalue weighted by Crippen LogP contribution is 2.41. The Hall–Kier alpha value is -3.12. The van der Waals surface area contributed by atoms with E-state index in [4.69, 9.17) is 11.1 Å². The van der Waals surface area contributed by atoms with Gasteiger partial charge in [-0.1, -0.05) is 58.8 Å². The lowest BCUT2D eigenvalue weighted by Gasteiger charge is -2.30. The second kappa shape index (κ2) is 7.86. The molecule has 0 amide bonds. The summed E-state index contributed by atoms with van der Waals surface area (Å²) in [7, 11) is -10.9. The van der Waals surface area contributed by atoms with E-state index in [2.05, 4.69) is 20.1 Å². The van der Waals surface area contributed by atoms with Crippen LogP contribution in [-0.2, 0) is 20.2 Å². The molecule has 2 N–H and O–H groups in total. The lowest BCUT2D eigenvalue weighted by molar-refractivity contribution is 0.431. The number of rotatable bonds is 6. The van der Waals surface area contributed by atoms with Crippen molar-refractivity contribution in [2.45, 2.75) is 10.5 Å². The lowest BCUT2D eigenvalue weighted by Crippen LogP contribution is -2.48. The maximum atomic E-state index is 11.9. The largest absolute Gasteiger partial charge is 0.292 e. The summed E-state index contributed by atoms with van der Waals surface area (Å²) < 4.78 is 63.3. The van der Waals surface area contributed by atoms with Crippen LogP contribution in [0.15, 0.2) is 64.0 Å². The van der Waals surface area contributed by atoms with Crippen LogP contribution in [0.2, 0.25) is 0 Å². The van der Waals surface area contributed by atoms with Gasteiger partial charge in [0, 0.05) is 21.9 Å². The summed E-state index contributed by atoms with van der Waals surface area (Å²) in [6.07, 6.45) is 4.13. The molecule has 1 aromatic rings. The number of benzene rings is 1. The highest BCUT2D eigenvalue weighted by Gasteiger charge is 2.58. The first-order chi connectivity index (χ1) is 13.0. The van der Waals surface area contributed by atoms with Crippen molar-refractivity contribution in [1.82, 2.24) is 0 Å². The Morgan fingerprint density at radius 3 is 2.00 bits per heavy atom. The van der Waals surface area contributed by atoms with Gasteiger partial charge in [-0.3, -0.25) is 9.11 Å². The van der Waals surface area contributed by atoms with Crippen molar-refractivity contribution in [3.05, 3.63) is 80.2 Å². The zero-order valence-electron chi connectivity index (χ0n) is 13.9. The van der Waals surface area contributed by atoms with E-state index >= 15 is 0 Å². The molecule has 1 aromatic carbocycles. The molecule has 0 radical (unpaired) electrons. The van der Waals surface area contributed by atoms with Crippen LogP contribution in [0.1, 0.15) is 12.0 Å². The van der Waals surface area contributed by atoms with E-state index in [1.807, 2.05) is 0 Å². The molecular weight excluding hydrogens is 412 g/mol. The molecule has 28 heavy (non-hydrogen) atoms. The molecule has 0 atom stereocenters. The Balaban J connectivity index is 2.50. The number of hydrogen-bond acceptors (Lipinski definition) is 6. The standard InChI is InChI=1S/C14H12N6O6S2/c15-19-17-12-6-3-10(4-7-12)1-2-11-5-8-13(18-20-16)14(9-11,27(21,22)23)28(24,25)26/h1-8H,9H2,(H,21,22,23)(H,24,25,26). The van der Waals surface area contributed by atoms with Crippen LogP contribution in [0, 0.1) is 0 Å². The second-order valence-corrected chi connectivity index (χ2v) is 9.03. The third-order valence-electron chi connectivity index (χ3n) is 3.81.